The van der Waals surface area contributed by atoms with E-state index in [9.17, 15) is 0 Å². The lowest BCUT2D eigenvalue weighted by molar-refractivity contribution is 0.171. The smallest absolute Gasteiger partial charge is 0.168 e. The Labute approximate surface area is 89.5 Å². The fourth-order valence-electron chi connectivity index (χ4n) is 1.64. The van der Waals surface area contributed by atoms with Crippen LogP contribution >= 0.6 is 0 Å². The van der Waals surface area contributed by atoms with Crippen LogP contribution in [0.5, 0.6) is 11.5 Å². The Hall–Kier alpha value is -1.48. The Morgan fingerprint density at radius 1 is 1.33 bits per heavy atom. The minimum atomic E-state index is 0.531. The molecule has 0 unspecified atom stereocenters. The largest absolute Gasteiger partial charge is 0.486 e. The highest BCUT2D eigenvalue weighted by molar-refractivity contribution is 5.64. The van der Waals surface area contributed by atoms with Crippen molar-refractivity contribution in [2.45, 2.75) is 6.92 Å². The van der Waals surface area contributed by atoms with Gasteiger partial charge in [0.25, 0.3) is 0 Å². The van der Waals surface area contributed by atoms with E-state index in [0.717, 1.165) is 22.6 Å². The van der Waals surface area contributed by atoms with Crippen LogP contribution in [0.1, 0.15) is 11.1 Å². The van der Waals surface area contributed by atoms with Gasteiger partial charge in [0.2, 0.25) is 0 Å². The zero-order valence-electron chi connectivity index (χ0n) is 8.82. The van der Waals surface area contributed by atoms with Crippen molar-refractivity contribution in [2.24, 2.45) is 5.73 Å². The minimum Gasteiger partial charge on any atom is -0.486 e. The molecule has 0 spiro atoms. The van der Waals surface area contributed by atoms with Crippen LogP contribution in [0.2, 0.25) is 0 Å². The molecule has 0 fully saturated rings. The zero-order chi connectivity index (χ0) is 10.7. The first kappa shape index (κ1) is 10.1. The van der Waals surface area contributed by atoms with Crippen molar-refractivity contribution in [1.29, 1.82) is 0 Å². The first-order valence-corrected chi connectivity index (χ1v) is 5.08. The average molecular weight is 205 g/mol. The molecule has 1 aliphatic heterocycles. The van der Waals surface area contributed by atoms with Gasteiger partial charge in [0.15, 0.2) is 11.5 Å². The SMILES string of the molecule is Cc1cc(/C=C/CN)c2c(c1)OCCO2. The van der Waals surface area contributed by atoms with Gasteiger partial charge < -0.3 is 15.2 Å². The molecule has 15 heavy (non-hydrogen) atoms. The van der Waals surface area contributed by atoms with Crippen LogP contribution in [0.3, 0.4) is 0 Å². The number of ether oxygens (including phenoxy) is 2. The van der Waals surface area contributed by atoms with Gasteiger partial charge in [-0.05, 0) is 24.6 Å². The molecule has 0 bridgehead atoms. The quantitative estimate of drug-likeness (QED) is 0.799. The topological polar surface area (TPSA) is 44.5 Å². The molecule has 1 heterocycles. The molecule has 2 rings (SSSR count). The Kier molecular flexibility index (Phi) is 2.92. The molecule has 3 nitrogen and oxygen atoms in total. The van der Waals surface area contributed by atoms with Crippen molar-refractivity contribution in [3.63, 3.8) is 0 Å². The summed E-state index contributed by atoms with van der Waals surface area (Å²) in [6.07, 6.45) is 3.88. The van der Waals surface area contributed by atoms with E-state index in [1.54, 1.807) is 0 Å². The van der Waals surface area contributed by atoms with Crippen LogP contribution in [0.15, 0.2) is 18.2 Å². The van der Waals surface area contributed by atoms with E-state index in [0.29, 0.717) is 19.8 Å². The molecule has 3 heteroatoms. The number of rotatable bonds is 2. The van der Waals surface area contributed by atoms with Gasteiger partial charge in [-0.15, -0.1) is 0 Å². The van der Waals surface area contributed by atoms with Crippen LogP contribution in [0.25, 0.3) is 6.08 Å². The van der Waals surface area contributed by atoms with Crippen molar-refractivity contribution in [3.8, 4) is 11.5 Å². The predicted octanol–water partition coefficient (Wildman–Crippen LogP) is 1.74. The second kappa shape index (κ2) is 4.36. The fourth-order valence-corrected chi connectivity index (χ4v) is 1.64. The Bertz CT molecular complexity index is 385. The number of benzene rings is 1. The molecule has 80 valence electrons. The summed E-state index contributed by atoms with van der Waals surface area (Å²) < 4.78 is 11.1. The van der Waals surface area contributed by atoms with Gasteiger partial charge in [0.1, 0.15) is 13.2 Å². The summed E-state index contributed by atoms with van der Waals surface area (Å²) in [6, 6.07) is 4.06. The van der Waals surface area contributed by atoms with E-state index in [-0.39, 0.29) is 0 Å². The van der Waals surface area contributed by atoms with Crippen molar-refractivity contribution in [1.82, 2.24) is 0 Å². The number of hydrogen-bond acceptors (Lipinski definition) is 3. The molecular weight excluding hydrogens is 190 g/mol. The standard InChI is InChI=1S/C12H15NO2/c1-9-7-10(3-2-4-13)12-11(8-9)14-5-6-15-12/h2-3,7-8H,4-6,13H2,1H3/b3-2+. The van der Waals surface area contributed by atoms with Crippen LogP contribution < -0.4 is 15.2 Å². The zero-order valence-corrected chi connectivity index (χ0v) is 8.82. The van der Waals surface area contributed by atoms with Crippen LogP contribution in [0, 0.1) is 6.92 Å². The first-order chi connectivity index (χ1) is 7.31. The van der Waals surface area contributed by atoms with E-state index in [4.69, 9.17) is 15.2 Å². The second-order valence-electron chi connectivity index (χ2n) is 3.52. The van der Waals surface area contributed by atoms with Gasteiger partial charge in [-0.2, -0.15) is 0 Å². The number of fused-ring (bicyclic) bond motifs is 1. The molecule has 0 saturated carbocycles. The summed E-state index contributed by atoms with van der Waals surface area (Å²) in [4.78, 5) is 0. The van der Waals surface area contributed by atoms with E-state index >= 15 is 0 Å². The van der Waals surface area contributed by atoms with Gasteiger partial charge in [-0.3, -0.25) is 0 Å². The summed E-state index contributed by atoms with van der Waals surface area (Å²) in [5.41, 5.74) is 7.63. The summed E-state index contributed by atoms with van der Waals surface area (Å²) in [7, 11) is 0. The molecule has 1 aromatic carbocycles. The summed E-state index contributed by atoms with van der Waals surface area (Å²) in [6.45, 7) is 3.80. The molecule has 0 amide bonds. The highest BCUT2D eigenvalue weighted by Crippen LogP contribution is 2.35. The lowest BCUT2D eigenvalue weighted by Gasteiger charge is -2.20. The lowest BCUT2D eigenvalue weighted by Crippen LogP contribution is -2.16. The average Bonchev–Trinajstić information content (AvgIpc) is 2.25. The van der Waals surface area contributed by atoms with E-state index in [1.165, 1.54) is 0 Å². The fraction of sp³-hybridized carbons (Fsp3) is 0.333. The monoisotopic (exact) mass is 205 g/mol. The number of nitrogens with two attached hydrogens (primary N) is 1. The number of aryl methyl sites for hydroxylation is 1. The summed E-state index contributed by atoms with van der Waals surface area (Å²) in [5.74, 6) is 1.66. The molecule has 0 saturated heterocycles. The summed E-state index contributed by atoms with van der Waals surface area (Å²) in [5, 5.41) is 0. The maximum Gasteiger partial charge on any atom is 0.168 e. The normalized spacial score (nSPS) is 14.5. The molecular formula is C12H15NO2. The van der Waals surface area contributed by atoms with Crippen LogP contribution in [-0.2, 0) is 0 Å². The Morgan fingerprint density at radius 3 is 2.93 bits per heavy atom. The van der Waals surface area contributed by atoms with Gasteiger partial charge in [0, 0.05) is 12.1 Å². The van der Waals surface area contributed by atoms with Crippen molar-refractivity contribution in [2.75, 3.05) is 19.8 Å². The van der Waals surface area contributed by atoms with E-state index < -0.39 is 0 Å². The van der Waals surface area contributed by atoms with Crippen molar-refractivity contribution < 1.29 is 9.47 Å². The van der Waals surface area contributed by atoms with E-state index in [2.05, 4.69) is 6.07 Å². The van der Waals surface area contributed by atoms with Crippen LogP contribution in [0.4, 0.5) is 0 Å². The Morgan fingerprint density at radius 2 is 2.13 bits per heavy atom. The lowest BCUT2D eigenvalue weighted by atomic mass is 10.1. The molecule has 0 aliphatic carbocycles. The minimum absolute atomic E-state index is 0.531. The molecule has 0 radical (unpaired) electrons. The first-order valence-electron chi connectivity index (χ1n) is 5.08. The van der Waals surface area contributed by atoms with Crippen LogP contribution in [-0.4, -0.2) is 19.8 Å². The third kappa shape index (κ3) is 2.13. The highest BCUT2D eigenvalue weighted by Gasteiger charge is 2.14. The molecule has 1 aromatic rings. The third-order valence-corrected chi connectivity index (χ3v) is 2.25. The molecule has 1 aliphatic rings. The highest BCUT2D eigenvalue weighted by atomic mass is 16.6. The maximum absolute atomic E-state index is 5.59. The van der Waals surface area contributed by atoms with Gasteiger partial charge in [-0.25, -0.2) is 0 Å². The Balaban J connectivity index is 2.43. The van der Waals surface area contributed by atoms with Crippen molar-refractivity contribution >= 4 is 6.08 Å². The van der Waals surface area contributed by atoms with E-state index in [1.807, 2.05) is 25.1 Å². The van der Waals surface area contributed by atoms with Gasteiger partial charge in [0.05, 0.1) is 0 Å². The van der Waals surface area contributed by atoms with Gasteiger partial charge in [-0.1, -0.05) is 12.2 Å². The summed E-state index contributed by atoms with van der Waals surface area (Å²) >= 11 is 0. The molecule has 0 aromatic heterocycles. The second-order valence-corrected chi connectivity index (χ2v) is 3.52. The molecule has 0 atom stereocenters. The van der Waals surface area contributed by atoms with Gasteiger partial charge >= 0.3 is 0 Å². The predicted molar refractivity (Wildman–Crippen MR) is 60.3 cm³/mol. The maximum atomic E-state index is 5.59. The third-order valence-electron chi connectivity index (χ3n) is 2.25. The molecule has 2 N–H and O–H groups in total. The van der Waals surface area contributed by atoms with Crippen molar-refractivity contribution in [3.05, 3.63) is 29.3 Å². The number of hydrogen-bond donors (Lipinski definition) is 1.